The van der Waals surface area contributed by atoms with E-state index in [1.54, 1.807) is 18.5 Å². The van der Waals surface area contributed by atoms with Gasteiger partial charge in [0.2, 0.25) is 0 Å². The number of piperidine rings is 1. The molecule has 0 spiro atoms. The van der Waals surface area contributed by atoms with E-state index in [0.29, 0.717) is 29.6 Å². The molecule has 3 aromatic heterocycles. The first-order chi connectivity index (χ1) is 17.3. The Morgan fingerprint density at radius 1 is 1.08 bits per heavy atom. The highest BCUT2D eigenvalue weighted by molar-refractivity contribution is 5.91. The fourth-order valence-electron chi connectivity index (χ4n) is 4.29. The number of benzene rings is 1. The molecule has 36 heavy (non-hydrogen) atoms. The van der Waals surface area contributed by atoms with Crippen LogP contribution in [0, 0.1) is 22.5 Å². The maximum absolute atomic E-state index is 13.6. The minimum atomic E-state index is -0.942. The summed E-state index contributed by atoms with van der Waals surface area (Å²) < 4.78 is 28.4. The molecule has 11 heteroatoms. The Bertz CT molecular complexity index is 1490. The van der Waals surface area contributed by atoms with Crippen LogP contribution in [0.15, 0.2) is 54.9 Å². The molecular formula is C25H24F2N8O. The normalized spacial score (nSPS) is 15.1. The molecule has 0 unspecified atom stereocenters. The van der Waals surface area contributed by atoms with Gasteiger partial charge in [-0.15, -0.1) is 0 Å². The molecule has 0 aliphatic carbocycles. The maximum Gasteiger partial charge on any atom is 0.148 e. The molecule has 5 N–H and O–H groups in total. The topological polar surface area (TPSA) is 136 Å². The fourth-order valence-corrected chi connectivity index (χ4v) is 4.29. The Kier molecular flexibility index (Phi) is 6.25. The third kappa shape index (κ3) is 4.70. The van der Waals surface area contributed by atoms with Crippen LogP contribution < -0.4 is 16.1 Å². The number of aromatic nitrogens is 4. The molecular weight excluding hydrogens is 466 g/mol. The molecule has 1 aliphatic rings. The van der Waals surface area contributed by atoms with Crippen LogP contribution in [-0.2, 0) is 5.60 Å². The molecule has 0 amide bonds. The first kappa shape index (κ1) is 23.6. The number of hydrogen-bond donors (Lipinski definition) is 5. The van der Waals surface area contributed by atoms with E-state index in [1.807, 2.05) is 6.07 Å². The number of anilines is 1. The number of rotatable bonds is 5. The van der Waals surface area contributed by atoms with E-state index >= 15 is 0 Å². The summed E-state index contributed by atoms with van der Waals surface area (Å²) in [4.78, 5) is 8.93. The zero-order chi connectivity index (χ0) is 25.3. The number of aliphatic hydroxyl groups is 1. The van der Waals surface area contributed by atoms with Crippen molar-refractivity contribution in [1.29, 1.82) is 10.8 Å². The van der Waals surface area contributed by atoms with Gasteiger partial charge in [0.25, 0.3) is 0 Å². The Morgan fingerprint density at radius 2 is 1.83 bits per heavy atom. The summed E-state index contributed by atoms with van der Waals surface area (Å²) in [7, 11) is 0. The van der Waals surface area contributed by atoms with Crippen LogP contribution in [0.1, 0.15) is 18.4 Å². The van der Waals surface area contributed by atoms with Gasteiger partial charge >= 0.3 is 0 Å². The van der Waals surface area contributed by atoms with Crippen molar-refractivity contribution in [2.75, 3.05) is 25.0 Å². The van der Waals surface area contributed by atoms with E-state index in [-0.39, 0.29) is 29.1 Å². The van der Waals surface area contributed by atoms with Crippen molar-refractivity contribution >= 4 is 22.6 Å². The van der Waals surface area contributed by atoms with Gasteiger partial charge in [-0.1, -0.05) is 0 Å². The number of nitrogens with one attached hydrogen (secondary N) is 4. The summed E-state index contributed by atoms with van der Waals surface area (Å²) in [5.41, 5.74) is 1.98. The summed E-state index contributed by atoms with van der Waals surface area (Å²) in [5, 5.41) is 38.2. The summed E-state index contributed by atoms with van der Waals surface area (Å²) >= 11 is 0. The second-order valence-electron chi connectivity index (χ2n) is 8.71. The standard InChI is InChI=1S/C25H24F2N8O/c26-17-9-15(10-18(27)12-17)19-1-2-22(28)35(34-19)23(29)14-32-20-3-6-31-21-11-16(13-33-24(20)21)25(36)4-7-30-8-5-25/h1-3,6,9-13,28-30,36H,4-5,7-8,14H2,(H,31,32). The van der Waals surface area contributed by atoms with E-state index < -0.39 is 17.2 Å². The lowest BCUT2D eigenvalue weighted by Gasteiger charge is -2.32. The Balaban J connectivity index is 1.38. The molecule has 5 rings (SSSR count). The van der Waals surface area contributed by atoms with Crippen molar-refractivity contribution in [2.45, 2.75) is 18.4 Å². The van der Waals surface area contributed by atoms with Crippen molar-refractivity contribution in [3.05, 3.63) is 77.5 Å². The molecule has 0 saturated carbocycles. The maximum atomic E-state index is 13.6. The quantitative estimate of drug-likeness (QED) is 0.216. The second-order valence-corrected chi connectivity index (χ2v) is 8.71. The lowest BCUT2D eigenvalue weighted by atomic mass is 9.86. The number of fused-ring (bicyclic) bond motifs is 1. The van der Waals surface area contributed by atoms with Crippen molar-refractivity contribution in [2.24, 2.45) is 0 Å². The van der Waals surface area contributed by atoms with Crippen molar-refractivity contribution < 1.29 is 13.9 Å². The van der Waals surface area contributed by atoms with Crippen molar-refractivity contribution in [3.8, 4) is 11.3 Å². The van der Waals surface area contributed by atoms with E-state index in [0.717, 1.165) is 41.5 Å². The lowest BCUT2D eigenvalue weighted by molar-refractivity contribution is 0.00576. The number of halogens is 2. The van der Waals surface area contributed by atoms with Gasteiger partial charge in [0.1, 0.15) is 28.5 Å². The van der Waals surface area contributed by atoms with Crippen LogP contribution in [0.25, 0.3) is 22.3 Å². The van der Waals surface area contributed by atoms with E-state index in [4.69, 9.17) is 10.8 Å². The number of hydrogen-bond acceptors (Lipinski definition) is 8. The van der Waals surface area contributed by atoms with E-state index in [9.17, 15) is 13.9 Å². The Morgan fingerprint density at radius 3 is 2.58 bits per heavy atom. The van der Waals surface area contributed by atoms with Crippen LogP contribution in [-0.4, -0.2) is 50.3 Å². The molecule has 1 aromatic carbocycles. The highest BCUT2D eigenvalue weighted by atomic mass is 19.1. The summed E-state index contributed by atoms with van der Waals surface area (Å²) in [6.45, 7) is 1.46. The minimum absolute atomic E-state index is 0.00264. The minimum Gasteiger partial charge on any atom is -0.385 e. The van der Waals surface area contributed by atoms with Crippen LogP contribution in [0.5, 0.6) is 0 Å². The van der Waals surface area contributed by atoms with Crippen LogP contribution in [0.3, 0.4) is 0 Å². The van der Waals surface area contributed by atoms with Crippen LogP contribution in [0.4, 0.5) is 14.5 Å². The highest BCUT2D eigenvalue weighted by Crippen LogP contribution is 2.32. The molecule has 1 saturated heterocycles. The highest BCUT2D eigenvalue weighted by Gasteiger charge is 2.31. The molecule has 9 nitrogen and oxygen atoms in total. The summed E-state index contributed by atoms with van der Waals surface area (Å²) in [6.07, 6.45) is 4.46. The molecule has 0 atom stereocenters. The first-order valence-corrected chi connectivity index (χ1v) is 11.4. The Labute approximate surface area is 204 Å². The van der Waals surface area contributed by atoms with Gasteiger partial charge in [0.05, 0.1) is 29.0 Å². The number of nitrogens with zero attached hydrogens (tertiary/aromatic N) is 4. The second kappa shape index (κ2) is 9.51. The molecule has 4 heterocycles. The van der Waals surface area contributed by atoms with Gasteiger partial charge < -0.3 is 15.7 Å². The first-order valence-electron chi connectivity index (χ1n) is 11.4. The zero-order valence-electron chi connectivity index (χ0n) is 19.2. The third-order valence-corrected chi connectivity index (χ3v) is 6.24. The van der Waals surface area contributed by atoms with Crippen molar-refractivity contribution in [3.63, 3.8) is 0 Å². The largest absolute Gasteiger partial charge is 0.385 e. The molecule has 0 radical (unpaired) electrons. The monoisotopic (exact) mass is 490 g/mol. The number of pyridine rings is 2. The molecule has 1 aliphatic heterocycles. The van der Waals surface area contributed by atoms with Gasteiger partial charge in [0.15, 0.2) is 0 Å². The van der Waals surface area contributed by atoms with Crippen LogP contribution in [0.2, 0.25) is 0 Å². The average Bonchev–Trinajstić information content (AvgIpc) is 2.87. The predicted molar refractivity (Wildman–Crippen MR) is 131 cm³/mol. The fraction of sp³-hybridized carbons (Fsp3) is 0.240. The SMILES string of the molecule is N=C(CNc1ccnc2cc(C3(O)CCNCC3)cnc12)n1nc(-c2cc(F)cc(F)c2)ccc1=N. The molecule has 1 fully saturated rings. The van der Waals surface area contributed by atoms with E-state index in [1.165, 1.54) is 12.1 Å². The lowest BCUT2D eigenvalue weighted by Crippen LogP contribution is -2.39. The molecule has 0 bridgehead atoms. The molecule has 184 valence electrons. The van der Waals surface area contributed by atoms with Crippen molar-refractivity contribution in [1.82, 2.24) is 25.1 Å². The molecule has 4 aromatic rings. The third-order valence-electron chi connectivity index (χ3n) is 6.24. The van der Waals surface area contributed by atoms with Gasteiger partial charge in [0, 0.05) is 29.6 Å². The van der Waals surface area contributed by atoms with Crippen LogP contribution >= 0.6 is 0 Å². The summed E-state index contributed by atoms with van der Waals surface area (Å²) in [5.74, 6) is -1.53. The summed E-state index contributed by atoms with van der Waals surface area (Å²) in [6, 6.07) is 9.51. The predicted octanol–water partition coefficient (Wildman–Crippen LogP) is 2.76. The smallest absolute Gasteiger partial charge is 0.148 e. The van der Waals surface area contributed by atoms with Gasteiger partial charge in [-0.05, 0) is 62.3 Å². The van der Waals surface area contributed by atoms with E-state index in [2.05, 4.69) is 25.7 Å². The van der Waals surface area contributed by atoms with Gasteiger partial charge in [-0.2, -0.15) is 9.78 Å². The Hall–Kier alpha value is -4.09. The zero-order valence-corrected chi connectivity index (χ0v) is 19.2. The van der Waals surface area contributed by atoms with Gasteiger partial charge in [-0.3, -0.25) is 20.8 Å². The van der Waals surface area contributed by atoms with Gasteiger partial charge in [-0.25, -0.2) is 8.78 Å². The average molecular weight is 491 g/mol.